The van der Waals surface area contributed by atoms with Gasteiger partial charge in [0.15, 0.2) is 0 Å². The normalized spacial score (nSPS) is 23.2. The van der Waals surface area contributed by atoms with Crippen LogP contribution < -0.4 is 16.0 Å². The van der Waals surface area contributed by atoms with Gasteiger partial charge in [-0.15, -0.1) is 0 Å². The third-order valence-electron chi connectivity index (χ3n) is 5.21. The van der Waals surface area contributed by atoms with Crippen LogP contribution >= 0.6 is 0 Å². The molecule has 0 aliphatic carbocycles. The number of methoxy groups -OCH3 is 2. The molecule has 2 bridgehead atoms. The number of benzene rings is 2. The third-order valence-corrected chi connectivity index (χ3v) is 5.21. The topological polar surface area (TPSA) is 106 Å². The van der Waals surface area contributed by atoms with Gasteiger partial charge in [0.1, 0.15) is 18.2 Å². The van der Waals surface area contributed by atoms with E-state index in [0.29, 0.717) is 22.4 Å². The molecule has 0 fully saturated rings. The van der Waals surface area contributed by atoms with Crippen molar-refractivity contribution in [3.63, 3.8) is 0 Å². The molecule has 0 spiro atoms. The van der Waals surface area contributed by atoms with Crippen LogP contribution in [0.3, 0.4) is 0 Å². The fraction of sp³-hybridized carbons (Fsp3) is 0.292. The molecule has 168 valence electrons. The Morgan fingerprint density at radius 3 is 2.47 bits per heavy atom. The zero-order valence-corrected chi connectivity index (χ0v) is 18.3. The minimum absolute atomic E-state index is 0.191. The van der Waals surface area contributed by atoms with Gasteiger partial charge in [0.25, 0.3) is 5.91 Å². The highest BCUT2D eigenvalue weighted by atomic mass is 16.5. The van der Waals surface area contributed by atoms with Crippen LogP contribution in [0, 0.1) is 0 Å². The van der Waals surface area contributed by atoms with Crippen LogP contribution in [0.2, 0.25) is 0 Å². The van der Waals surface area contributed by atoms with Crippen LogP contribution in [0.25, 0.3) is 6.08 Å². The van der Waals surface area contributed by atoms with Gasteiger partial charge in [-0.1, -0.05) is 30.3 Å². The summed E-state index contributed by atoms with van der Waals surface area (Å²) in [6, 6.07) is 13.2. The number of hydrogen-bond acceptors (Lipinski definition) is 5. The summed E-state index contributed by atoms with van der Waals surface area (Å²) in [6.07, 6.45) is 1.94. The second-order valence-corrected chi connectivity index (χ2v) is 7.41. The number of carbonyl (C=O) groups excluding carboxylic acids is 3. The van der Waals surface area contributed by atoms with E-state index in [1.165, 1.54) is 20.3 Å². The summed E-state index contributed by atoms with van der Waals surface area (Å²) in [6.45, 7) is 1.80. The molecule has 2 aromatic rings. The number of carbonyl (C=O) groups is 3. The molecule has 8 heteroatoms. The number of fused-ring (bicyclic) bond motifs is 3. The predicted octanol–water partition coefficient (Wildman–Crippen LogP) is 2.29. The van der Waals surface area contributed by atoms with Crippen LogP contribution in [-0.4, -0.2) is 50.6 Å². The summed E-state index contributed by atoms with van der Waals surface area (Å²) in [5.74, 6) is -1.07. The molecule has 0 saturated carbocycles. The molecule has 3 rings (SSSR count). The number of nitrogens with one attached hydrogen (secondary N) is 3. The minimum atomic E-state index is -0.784. The van der Waals surface area contributed by atoms with Gasteiger partial charge in [-0.3, -0.25) is 14.4 Å². The van der Waals surface area contributed by atoms with Crippen molar-refractivity contribution < 1.29 is 23.9 Å². The van der Waals surface area contributed by atoms with Crippen molar-refractivity contribution in [2.75, 3.05) is 26.1 Å². The molecule has 0 saturated heterocycles. The van der Waals surface area contributed by atoms with Crippen molar-refractivity contribution >= 4 is 29.5 Å². The molecule has 1 aliphatic heterocycles. The van der Waals surface area contributed by atoms with Crippen molar-refractivity contribution in [3.05, 3.63) is 71.3 Å². The van der Waals surface area contributed by atoms with E-state index in [-0.39, 0.29) is 24.3 Å². The molecule has 0 radical (unpaired) electrons. The molecule has 1 aliphatic rings. The SMILES string of the molecule is COC1c2ccccc2NC(=O)[C@H](C)NC(=O)c2cccc(c2)/C=C/C(=O)NC[C@H]1OC. The van der Waals surface area contributed by atoms with Crippen molar-refractivity contribution in [1.82, 2.24) is 10.6 Å². The minimum Gasteiger partial charge on any atom is -0.377 e. The number of amides is 3. The molecule has 3 N–H and O–H groups in total. The van der Waals surface area contributed by atoms with Crippen LogP contribution in [0.5, 0.6) is 0 Å². The van der Waals surface area contributed by atoms with Gasteiger partial charge < -0.3 is 25.4 Å². The van der Waals surface area contributed by atoms with Crippen LogP contribution in [0.4, 0.5) is 5.69 Å². The lowest BCUT2D eigenvalue weighted by Crippen LogP contribution is -2.42. The van der Waals surface area contributed by atoms with E-state index in [1.54, 1.807) is 49.4 Å². The third kappa shape index (κ3) is 5.60. The molecule has 3 atom stereocenters. The van der Waals surface area contributed by atoms with E-state index in [9.17, 15) is 14.4 Å². The first kappa shape index (κ1) is 23.2. The van der Waals surface area contributed by atoms with Crippen LogP contribution in [0.15, 0.2) is 54.6 Å². The lowest BCUT2D eigenvalue weighted by Gasteiger charge is -2.27. The molecular formula is C24H27N3O5. The van der Waals surface area contributed by atoms with Crippen molar-refractivity contribution in [1.29, 1.82) is 0 Å². The summed E-state index contributed by atoms with van der Waals surface area (Å²) in [4.78, 5) is 37.8. The zero-order chi connectivity index (χ0) is 23.1. The standard InChI is InChI=1S/C24H27N3O5/c1-15-23(29)27-19-10-5-4-9-18(19)22(32-3)20(31-2)14-25-21(28)12-11-16-7-6-8-17(13-16)24(30)26-15/h4-13,15,20,22H,14H2,1-3H3,(H,25,28)(H,26,30)(H,27,29)/b12-11+/t15-,20+,22?/m0/s1. The first-order valence-electron chi connectivity index (χ1n) is 10.2. The summed E-state index contributed by atoms with van der Waals surface area (Å²) in [5.41, 5.74) is 2.29. The van der Waals surface area contributed by atoms with Gasteiger partial charge in [0.05, 0.1) is 0 Å². The second-order valence-electron chi connectivity index (χ2n) is 7.41. The summed E-state index contributed by atoms with van der Waals surface area (Å²) < 4.78 is 11.3. The van der Waals surface area contributed by atoms with Gasteiger partial charge in [-0.2, -0.15) is 0 Å². The fourth-order valence-corrected chi connectivity index (χ4v) is 3.45. The number of ether oxygens (including phenoxy) is 2. The maximum atomic E-state index is 12.8. The van der Waals surface area contributed by atoms with E-state index in [4.69, 9.17) is 9.47 Å². The number of hydrogen-bond donors (Lipinski definition) is 3. The molecule has 8 nitrogen and oxygen atoms in total. The monoisotopic (exact) mass is 437 g/mol. The predicted molar refractivity (Wildman–Crippen MR) is 121 cm³/mol. The fourth-order valence-electron chi connectivity index (χ4n) is 3.45. The molecule has 1 heterocycles. The zero-order valence-electron chi connectivity index (χ0n) is 18.3. The van der Waals surface area contributed by atoms with E-state index in [2.05, 4.69) is 16.0 Å². The second kappa shape index (κ2) is 10.7. The Hall–Kier alpha value is -3.49. The Morgan fingerprint density at radius 2 is 1.72 bits per heavy atom. The Kier molecular flexibility index (Phi) is 7.75. The Morgan fingerprint density at radius 1 is 0.938 bits per heavy atom. The summed E-state index contributed by atoms with van der Waals surface area (Å²) in [7, 11) is 3.07. The Bertz CT molecular complexity index is 1020. The highest BCUT2D eigenvalue weighted by Gasteiger charge is 2.27. The number of anilines is 1. The highest BCUT2D eigenvalue weighted by molar-refractivity contribution is 6.01. The van der Waals surface area contributed by atoms with E-state index < -0.39 is 18.2 Å². The van der Waals surface area contributed by atoms with Crippen molar-refractivity contribution in [3.8, 4) is 0 Å². The van der Waals surface area contributed by atoms with Crippen molar-refractivity contribution in [2.45, 2.75) is 25.2 Å². The molecule has 0 aromatic heterocycles. The van der Waals surface area contributed by atoms with E-state index in [1.807, 2.05) is 12.1 Å². The van der Waals surface area contributed by atoms with Gasteiger partial charge in [-0.25, -0.2) is 0 Å². The van der Waals surface area contributed by atoms with Gasteiger partial charge in [0, 0.05) is 43.7 Å². The van der Waals surface area contributed by atoms with E-state index in [0.717, 1.165) is 0 Å². The largest absolute Gasteiger partial charge is 0.377 e. The molecular weight excluding hydrogens is 410 g/mol. The lowest BCUT2D eigenvalue weighted by atomic mass is 10.0. The maximum Gasteiger partial charge on any atom is 0.251 e. The maximum absolute atomic E-state index is 12.8. The number of para-hydroxylation sites is 1. The van der Waals surface area contributed by atoms with Crippen LogP contribution in [-0.2, 0) is 19.1 Å². The van der Waals surface area contributed by atoms with Crippen molar-refractivity contribution in [2.24, 2.45) is 0 Å². The average molecular weight is 437 g/mol. The molecule has 3 amide bonds. The van der Waals surface area contributed by atoms with Gasteiger partial charge >= 0.3 is 0 Å². The van der Waals surface area contributed by atoms with Gasteiger partial charge in [-0.05, 0) is 36.8 Å². The highest BCUT2D eigenvalue weighted by Crippen LogP contribution is 2.29. The molecule has 32 heavy (non-hydrogen) atoms. The number of rotatable bonds is 2. The smallest absolute Gasteiger partial charge is 0.251 e. The average Bonchev–Trinajstić information content (AvgIpc) is 2.80. The van der Waals surface area contributed by atoms with Gasteiger partial charge in [0.2, 0.25) is 11.8 Å². The van der Waals surface area contributed by atoms with E-state index >= 15 is 0 Å². The molecule has 1 unspecified atom stereocenters. The summed E-state index contributed by atoms with van der Waals surface area (Å²) in [5, 5.41) is 8.38. The first-order chi connectivity index (χ1) is 15.4. The Labute approximate surface area is 187 Å². The quantitative estimate of drug-likeness (QED) is 0.669. The Balaban J connectivity index is 1.99. The summed E-state index contributed by atoms with van der Waals surface area (Å²) >= 11 is 0. The lowest BCUT2D eigenvalue weighted by molar-refractivity contribution is -0.118. The van der Waals surface area contributed by atoms with Crippen LogP contribution in [0.1, 0.15) is 34.5 Å². The first-order valence-corrected chi connectivity index (χ1v) is 10.2. The molecule has 2 aromatic carbocycles.